The van der Waals surface area contributed by atoms with Crippen LogP contribution in [0.5, 0.6) is 0 Å². The zero-order valence-corrected chi connectivity index (χ0v) is 8.97. The van der Waals surface area contributed by atoms with Gasteiger partial charge in [-0.3, -0.25) is 0 Å². The lowest BCUT2D eigenvalue weighted by atomic mass is 10.2. The molecule has 1 rings (SSSR count). The van der Waals surface area contributed by atoms with Crippen LogP contribution >= 0.6 is 0 Å². The first-order chi connectivity index (χ1) is 6.33. The molecule has 1 heterocycles. The average molecular weight is 186 g/mol. The Kier molecular flexibility index (Phi) is 4.74. The predicted molar refractivity (Wildman–Crippen MR) is 55.6 cm³/mol. The van der Waals surface area contributed by atoms with Crippen LogP contribution < -0.4 is 0 Å². The molecule has 1 aliphatic heterocycles. The van der Waals surface area contributed by atoms with Gasteiger partial charge in [0.1, 0.15) is 0 Å². The molecule has 0 aliphatic carbocycles. The number of aliphatic hydroxyl groups excluding tert-OH is 1. The molecule has 0 saturated carbocycles. The van der Waals surface area contributed by atoms with Crippen molar-refractivity contribution in [2.45, 2.75) is 39.0 Å². The summed E-state index contributed by atoms with van der Waals surface area (Å²) in [5, 5.41) is 8.67. The SMILES string of the molecule is CC[N+]1(CCCCCO)CCCC1. The molecule has 13 heavy (non-hydrogen) atoms. The molecule has 1 fully saturated rings. The van der Waals surface area contributed by atoms with Crippen molar-refractivity contribution in [1.29, 1.82) is 0 Å². The highest BCUT2D eigenvalue weighted by Gasteiger charge is 2.28. The number of unbranched alkanes of at least 4 members (excludes halogenated alkanes) is 2. The Morgan fingerprint density at radius 1 is 1.08 bits per heavy atom. The first-order valence-corrected chi connectivity index (χ1v) is 5.79. The molecule has 78 valence electrons. The third kappa shape index (κ3) is 3.28. The second kappa shape index (κ2) is 5.61. The first kappa shape index (κ1) is 11.0. The van der Waals surface area contributed by atoms with Crippen molar-refractivity contribution in [3.05, 3.63) is 0 Å². The summed E-state index contributed by atoms with van der Waals surface area (Å²) in [5.41, 5.74) is 0. The van der Waals surface area contributed by atoms with E-state index in [9.17, 15) is 0 Å². The molecule has 1 aliphatic rings. The highest BCUT2D eigenvalue weighted by molar-refractivity contribution is 4.54. The number of hydrogen-bond donors (Lipinski definition) is 1. The first-order valence-electron chi connectivity index (χ1n) is 5.79. The average Bonchev–Trinajstić information content (AvgIpc) is 2.62. The van der Waals surface area contributed by atoms with E-state index in [1.165, 1.54) is 56.3 Å². The van der Waals surface area contributed by atoms with Crippen molar-refractivity contribution in [3.63, 3.8) is 0 Å². The lowest BCUT2D eigenvalue weighted by molar-refractivity contribution is -0.915. The van der Waals surface area contributed by atoms with E-state index in [2.05, 4.69) is 6.92 Å². The van der Waals surface area contributed by atoms with Crippen LogP contribution in [0.25, 0.3) is 0 Å². The van der Waals surface area contributed by atoms with E-state index in [-0.39, 0.29) is 0 Å². The second-order valence-electron chi connectivity index (χ2n) is 4.32. The van der Waals surface area contributed by atoms with Crippen LogP contribution in [-0.4, -0.2) is 42.4 Å². The van der Waals surface area contributed by atoms with E-state index in [1.807, 2.05) is 0 Å². The minimum Gasteiger partial charge on any atom is -0.396 e. The quantitative estimate of drug-likeness (QED) is 0.495. The highest BCUT2D eigenvalue weighted by Crippen LogP contribution is 2.20. The highest BCUT2D eigenvalue weighted by atomic mass is 16.2. The molecule has 0 bridgehead atoms. The summed E-state index contributed by atoms with van der Waals surface area (Å²) in [6.45, 7) is 8.13. The Balaban J connectivity index is 2.16. The Morgan fingerprint density at radius 2 is 1.77 bits per heavy atom. The molecule has 0 unspecified atom stereocenters. The number of likely N-dealkylation sites (tertiary alicyclic amines) is 1. The summed E-state index contributed by atoms with van der Waals surface area (Å²) in [7, 11) is 0. The number of aliphatic hydroxyl groups is 1. The molecular formula is C11H24NO+. The van der Waals surface area contributed by atoms with Crippen molar-refractivity contribution in [3.8, 4) is 0 Å². The summed E-state index contributed by atoms with van der Waals surface area (Å²) >= 11 is 0. The maximum atomic E-state index is 8.67. The maximum Gasteiger partial charge on any atom is 0.0788 e. The summed E-state index contributed by atoms with van der Waals surface area (Å²) < 4.78 is 1.35. The Labute approximate surface area is 82.1 Å². The van der Waals surface area contributed by atoms with E-state index >= 15 is 0 Å². The summed E-state index contributed by atoms with van der Waals surface area (Å²) in [6.07, 6.45) is 6.34. The van der Waals surface area contributed by atoms with Crippen LogP contribution in [0, 0.1) is 0 Å². The second-order valence-corrected chi connectivity index (χ2v) is 4.32. The van der Waals surface area contributed by atoms with Crippen molar-refractivity contribution in [2.75, 3.05) is 32.8 Å². The Hall–Kier alpha value is -0.0800. The van der Waals surface area contributed by atoms with Crippen LogP contribution in [0.4, 0.5) is 0 Å². The molecular weight excluding hydrogens is 162 g/mol. The monoisotopic (exact) mass is 186 g/mol. The Bertz CT molecular complexity index is 130. The predicted octanol–water partition coefficient (Wildman–Crippen LogP) is 1.78. The largest absolute Gasteiger partial charge is 0.396 e. The van der Waals surface area contributed by atoms with Crippen LogP contribution in [0.15, 0.2) is 0 Å². The van der Waals surface area contributed by atoms with E-state index in [1.54, 1.807) is 0 Å². The van der Waals surface area contributed by atoms with Gasteiger partial charge in [0.2, 0.25) is 0 Å². The molecule has 2 nitrogen and oxygen atoms in total. The maximum absolute atomic E-state index is 8.67. The lowest BCUT2D eigenvalue weighted by Gasteiger charge is -2.33. The molecule has 0 amide bonds. The fourth-order valence-electron chi connectivity index (χ4n) is 2.44. The van der Waals surface area contributed by atoms with E-state index in [4.69, 9.17) is 5.11 Å². The van der Waals surface area contributed by atoms with E-state index in [0.29, 0.717) is 6.61 Å². The lowest BCUT2D eigenvalue weighted by Crippen LogP contribution is -2.45. The van der Waals surface area contributed by atoms with Gasteiger partial charge in [-0.15, -0.1) is 0 Å². The van der Waals surface area contributed by atoms with Gasteiger partial charge in [0.15, 0.2) is 0 Å². The molecule has 1 N–H and O–H groups in total. The fourth-order valence-corrected chi connectivity index (χ4v) is 2.44. The van der Waals surface area contributed by atoms with Gasteiger partial charge in [0.25, 0.3) is 0 Å². The smallest absolute Gasteiger partial charge is 0.0788 e. The van der Waals surface area contributed by atoms with Crippen LogP contribution in [0.3, 0.4) is 0 Å². The van der Waals surface area contributed by atoms with Gasteiger partial charge in [-0.2, -0.15) is 0 Å². The summed E-state index contributed by atoms with van der Waals surface area (Å²) in [5.74, 6) is 0. The summed E-state index contributed by atoms with van der Waals surface area (Å²) in [6, 6.07) is 0. The molecule has 1 saturated heterocycles. The molecule has 0 atom stereocenters. The van der Waals surface area contributed by atoms with Crippen LogP contribution in [0.2, 0.25) is 0 Å². The van der Waals surface area contributed by atoms with Gasteiger partial charge in [-0.05, 0) is 26.2 Å². The van der Waals surface area contributed by atoms with Gasteiger partial charge in [-0.1, -0.05) is 0 Å². The molecule has 0 spiro atoms. The minimum absolute atomic E-state index is 0.367. The Morgan fingerprint density at radius 3 is 2.31 bits per heavy atom. The minimum atomic E-state index is 0.367. The third-order valence-electron chi connectivity index (χ3n) is 3.48. The van der Waals surface area contributed by atoms with Gasteiger partial charge < -0.3 is 9.59 Å². The zero-order chi connectivity index (χ0) is 9.57. The van der Waals surface area contributed by atoms with Gasteiger partial charge in [0.05, 0.1) is 26.2 Å². The van der Waals surface area contributed by atoms with Gasteiger partial charge in [-0.25, -0.2) is 0 Å². The molecule has 0 aromatic heterocycles. The number of rotatable bonds is 6. The molecule has 0 aromatic rings. The molecule has 2 heteroatoms. The number of quaternary nitrogens is 1. The van der Waals surface area contributed by atoms with Crippen molar-refractivity contribution in [2.24, 2.45) is 0 Å². The normalized spacial score (nSPS) is 20.8. The van der Waals surface area contributed by atoms with Gasteiger partial charge in [0, 0.05) is 19.4 Å². The topological polar surface area (TPSA) is 20.2 Å². The van der Waals surface area contributed by atoms with E-state index < -0.39 is 0 Å². The van der Waals surface area contributed by atoms with E-state index in [0.717, 1.165) is 6.42 Å². The molecule has 0 radical (unpaired) electrons. The standard InChI is InChI=1S/C11H24NO/c1-2-12(9-5-6-10-12)8-4-3-7-11-13/h13H,2-11H2,1H3/q+1. The summed E-state index contributed by atoms with van der Waals surface area (Å²) in [4.78, 5) is 0. The number of hydrogen-bond acceptors (Lipinski definition) is 1. The van der Waals surface area contributed by atoms with Crippen molar-refractivity contribution >= 4 is 0 Å². The fraction of sp³-hybridized carbons (Fsp3) is 1.00. The van der Waals surface area contributed by atoms with Gasteiger partial charge >= 0.3 is 0 Å². The van der Waals surface area contributed by atoms with Crippen molar-refractivity contribution in [1.82, 2.24) is 0 Å². The van der Waals surface area contributed by atoms with Crippen LogP contribution in [-0.2, 0) is 0 Å². The van der Waals surface area contributed by atoms with Crippen molar-refractivity contribution < 1.29 is 9.59 Å². The number of nitrogens with zero attached hydrogens (tertiary/aromatic N) is 1. The van der Waals surface area contributed by atoms with Crippen LogP contribution in [0.1, 0.15) is 39.0 Å². The zero-order valence-electron chi connectivity index (χ0n) is 8.97. The third-order valence-corrected chi connectivity index (χ3v) is 3.48. The molecule has 0 aromatic carbocycles.